The first-order valence-corrected chi connectivity index (χ1v) is 9.23. The number of rotatable bonds is 8. The van der Waals surface area contributed by atoms with Gasteiger partial charge in [0.05, 0.1) is 0 Å². The summed E-state index contributed by atoms with van der Waals surface area (Å²) in [6.45, 7) is 0. The first kappa shape index (κ1) is 16.2. The van der Waals surface area contributed by atoms with E-state index in [1.54, 1.807) is 21.3 Å². The maximum absolute atomic E-state index is 5.50. The highest BCUT2D eigenvalue weighted by Crippen LogP contribution is 2.29. The first-order chi connectivity index (χ1) is 10.2. The van der Waals surface area contributed by atoms with Gasteiger partial charge in [0.1, 0.15) is 0 Å². The predicted molar refractivity (Wildman–Crippen MR) is 87.1 cm³/mol. The summed E-state index contributed by atoms with van der Waals surface area (Å²) in [5, 5.41) is 0. The second-order valence-corrected chi connectivity index (χ2v) is 8.28. The smallest absolute Gasteiger partial charge is 0.377 e. The minimum absolute atomic E-state index is 0.814. The number of hydrogen-bond acceptors (Lipinski definition) is 3. The van der Waals surface area contributed by atoms with Crippen LogP contribution in [0.5, 0.6) is 0 Å². The maximum atomic E-state index is 5.50. The molecular weight excluding hydrogens is 280 g/mol. The van der Waals surface area contributed by atoms with Gasteiger partial charge < -0.3 is 13.3 Å². The van der Waals surface area contributed by atoms with E-state index in [4.69, 9.17) is 13.3 Å². The van der Waals surface area contributed by atoms with Gasteiger partial charge >= 0.3 is 8.80 Å². The predicted octanol–water partition coefficient (Wildman–Crippen LogP) is 3.75. The Morgan fingerprint density at radius 2 is 1.67 bits per heavy atom. The molecule has 0 aliphatic heterocycles. The lowest BCUT2D eigenvalue weighted by molar-refractivity contribution is 0.124. The van der Waals surface area contributed by atoms with Gasteiger partial charge in [-0.1, -0.05) is 48.1 Å². The Labute approximate surface area is 128 Å². The number of hydrogen-bond donors (Lipinski definition) is 0. The molecule has 0 atom stereocenters. The molecule has 0 N–H and O–H groups in total. The molecule has 1 aromatic rings. The molecule has 21 heavy (non-hydrogen) atoms. The van der Waals surface area contributed by atoms with Crippen LogP contribution in [0.1, 0.15) is 18.4 Å². The molecule has 0 saturated heterocycles. The van der Waals surface area contributed by atoms with Gasteiger partial charge in [-0.2, -0.15) is 0 Å². The van der Waals surface area contributed by atoms with E-state index in [1.165, 1.54) is 16.7 Å². The molecular formula is C17H24O3Si. The molecule has 2 rings (SSSR count). The van der Waals surface area contributed by atoms with Crippen LogP contribution in [-0.2, 0) is 19.7 Å². The molecule has 114 valence electrons. The quantitative estimate of drug-likeness (QED) is 0.685. The van der Waals surface area contributed by atoms with Gasteiger partial charge in [-0.05, 0) is 30.4 Å². The van der Waals surface area contributed by atoms with Crippen LogP contribution in [0, 0.1) is 0 Å². The van der Waals surface area contributed by atoms with Crippen molar-refractivity contribution < 1.29 is 13.3 Å². The van der Waals surface area contributed by atoms with Crippen molar-refractivity contribution in [3.8, 4) is 0 Å². The van der Waals surface area contributed by atoms with Gasteiger partial charge in [0.2, 0.25) is 0 Å². The summed E-state index contributed by atoms with van der Waals surface area (Å²) < 4.78 is 16.5. The van der Waals surface area contributed by atoms with Crippen LogP contribution < -0.4 is 0 Å². The van der Waals surface area contributed by atoms with E-state index in [2.05, 4.69) is 42.5 Å². The van der Waals surface area contributed by atoms with E-state index in [1.807, 2.05) is 0 Å². The lowest BCUT2D eigenvalue weighted by Gasteiger charge is -2.24. The van der Waals surface area contributed by atoms with Crippen LogP contribution in [0.3, 0.4) is 0 Å². The van der Waals surface area contributed by atoms with E-state index in [0.717, 1.165) is 25.3 Å². The lowest BCUT2D eigenvalue weighted by atomic mass is 10.0. The summed E-state index contributed by atoms with van der Waals surface area (Å²) in [5.41, 5.74) is 4.26. The van der Waals surface area contributed by atoms with Crippen molar-refractivity contribution in [3.63, 3.8) is 0 Å². The molecule has 0 aromatic heterocycles. The third kappa shape index (κ3) is 4.14. The minimum atomic E-state index is -2.47. The molecule has 0 saturated carbocycles. The molecule has 0 bridgehead atoms. The van der Waals surface area contributed by atoms with Gasteiger partial charge in [0, 0.05) is 27.4 Å². The van der Waals surface area contributed by atoms with E-state index in [-0.39, 0.29) is 0 Å². The number of allylic oxidation sites excluding steroid dienone is 4. The van der Waals surface area contributed by atoms with E-state index < -0.39 is 8.80 Å². The normalized spacial score (nSPS) is 15.0. The zero-order valence-corrected chi connectivity index (χ0v) is 14.1. The highest BCUT2D eigenvalue weighted by atomic mass is 28.4. The topological polar surface area (TPSA) is 27.7 Å². The highest BCUT2D eigenvalue weighted by Gasteiger charge is 2.37. The fraction of sp³-hybridized carbons (Fsp3) is 0.412. The van der Waals surface area contributed by atoms with Crippen molar-refractivity contribution in [1.29, 1.82) is 0 Å². The SMILES string of the molecule is CO[Si](CCC1=C(Cc2ccccc2)CC=C1)(OC)OC. The Balaban J connectivity index is 2.03. The molecule has 0 spiro atoms. The van der Waals surface area contributed by atoms with Crippen molar-refractivity contribution in [2.45, 2.75) is 25.3 Å². The Morgan fingerprint density at radius 1 is 1.00 bits per heavy atom. The largest absolute Gasteiger partial charge is 0.500 e. The molecule has 0 unspecified atom stereocenters. The maximum Gasteiger partial charge on any atom is 0.500 e. The molecule has 0 radical (unpaired) electrons. The highest BCUT2D eigenvalue weighted by molar-refractivity contribution is 6.60. The average molecular weight is 304 g/mol. The van der Waals surface area contributed by atoms with Gasteiger partial charge in [0.25, 0.3) is 0 Å². The monoisotopic (exact) mass is 304 g/mol. The Hall–Kier alpha value is -1.20. The fourth-order valence-electron chi connectivity index (χ4n) is 2.72. The molecule has 1 aliphatic rings. The van der Waals surface area contributed by atoms with Gasteiger partial charge in [-0.3, -0.25) is 0 Å². The standard InChI is InChI=1S/C17H24O3Si/c1-18-21(19-2,20-3)13-12-16-10-7-11-17(16)14-15-8-5-4-6-9-15/h4-10H,11-14H2,1-3H3. The Kier molecular flexibility index (Phi) is 5.93. The third-order valence-corrected chi connectivity index (χ3v) is 6.76. The molecule has 0 amide bonds. The van der Waals surface area contributed by atoms with Gasteiger partial charge in [-0.25, -0.2) is 0 Å². The van der Waals surface area contributed by atoms with Crippen molar-refractivity contribution in [2.75, 3.05) is 21.3 Å². The van der Waals surface area contributed by atoms with Crippen LogP contribution in [0.2, 0.25) is 6.04 Å². The second kappa shape index (κ2) is 7.71. The molecule has 4 heteroatoms. The van der Waals surface area contributed by atoms with Gasteiger partial charge in [0.15, 0.2) is 0 Å². The van der Waals surface area contributed by atoms with Crippen LogP contribution in [-0.4, -0.2) is 30.1 Å². The zero-order chi connectivity index (χ0) is 15.1. The summed E-state index contributed by atoms with van der Waals surface area (Å²) in [5.74, 6) is 0. The summed E-state index contributed by atoms with van der Waals surface area (Å²) in [6.07, 6.45) is 7.48. The summed E-state index contributed by atoms with van der Waals surface area (Å²) in [6, 6.07) is 11.4. The second-order valence-electron chi connectivity index (χ2n) is 5.19. The fourth-order valence-corrected chi connectivity index (χ4v) is 4.41. The Morgan fingerprint density at radius 3 is 2.29 bits per heavy atom. The van der Waals surface area contributed by atoms with E-state index >= 15 is 0 Å². The van der Waals surface area contributed by atoms with E-state index in [0.29, 0.717) is 0 Å². The molecule has 3 nitrogen and oxygen atoms in total. The average Bonchev–Trinajstić information content (AvgIpc) is 2.97. The molecule has 0 heterocycles. The van der Waals surface area contributed by atoms with Crippen molar-refractivity contribution in [3.05, 3.63) is 59.2 Å². The summed E-state index contributed by atoms with van der Waals surface area (Å²) in [7, 11) is 2.53. The molecule has 0 fully saturated rings. The van der Waals surface area contributed by atoms with Crippen LogP contribution in [0.15, 0.2) is 53.6 Å². The molecule has 1 aromatic carbocycles. The van der Waals surface area contributed by atoms with Crippen molar-refractivity contribution in [2.24, 2.45) is 0 Å². The minimum Gasteiger partial charge on any atom is -0.377 e. The van der Waals surface area contributed by atoms with E-state index in [9.17, 15) is 0 Å². The van der Waals surface area contributed by atoms with Crippen LogP contribution >= 0.6 is 0 Å². The van der Waals surface area contributed by atoms with Crippen molar-refractivity contribution in [1.82, 2.24) is 0 Å². The zero-order valence-electron chi connectivity index (χ0n) is 13.1. The third-order valence-electron chi connectivity index (χ3n) is 4.03. The van der Waals surface area contributed by atoms with Crippen molar-refractivity contribution >= 4 is 8.80 Å². The van der Waals surface area contributed by atoms with Crippen LogP contribution in [0.25, 0.3) is 0 Å². The Bertz CT molecular complexity index is 496. The number of benzene rings is 1. The molecule has 1 aliphatic carbocycles. The van der Waals surface area contributed by atoms with Gasteiger partial charge in [-0.15, -0.1) is 0 Å². The lowest BCUT2D eigenvalue weighted by Crippen LogP contribution is -2.42. The summed E-state index contributed by atoms with van der Waals surface area (Å²) >= 11 is 0. The first-order valence-electron chi connectivity index (χ1n) is 7.30. The summed E-state index contributed by atoms with van der Waals surface area (Å²) in [4.78, 5) is 0. The van der Waals surface area contributed by atoms with Crippen LogP contribution in [0.4, 0.5) is 0 Å².